The average molecular weight is 286 g/mol. The van der Waals surface area contributed by atoms with E-state index in [1.165, 1.54) is 11.3 Å². The lowest BCUT2D eigenvalue weighted by molar-refractivity contribution is -0.131. The Labute approximate surface area is 125 Å². The van der Waals surface area contributed by atoms with Crippen molar-refractivity contribution in [2.75, 3.05) is 31.1 Å². The molecular weight excluding hydrogens is 264 g/mol. The number of aryl methyl sites for hydroxylation is 1. The Bertz CT molecular complexity index is 555. The molecule has 5 heteroatoms. The largest absolute Gasteiger partial charge is 0.368 e. The van der Waals surface area contributed by atoms with Gasteiger partial charge in [0.2, 0.25) is 5.91 Å². The summed E-state index contributed by atoms with van der Waals surface area (Å²) >= 11 is 0. The van der Waals surface area contributed by atoms with Crippen LogP contribution in [0.4, 0.5) is 5.69 Å². The van der Waals surface area contributed by atoms with E-state index >= 15 is 0 Å². The monoisotopic (exact) mass is 286 g/mol. The molecule has 0 radical (unpaired) electrons. The van der Waals surface area contributed by atoms with Gasteiger partial charge >= 0.3 is 0 Å². The lowest BCUT2D eigenvalue weighted by Crippen LogP contribution is -2.48. The first kappa shape index (κ1) is 14.0. The second-order valence-corrected chi connectivity index (χ2v) is 6.12. The number of piperazine rings is 1. The highest BCUT2D eigenvalue weighted by molar-refractivity contribution is 5.76. The highest BCUT2D eigenvalue weighted by atomic mass is 16.2. The number of amides is 1. The Morgan fingerprint density at radius 1 is 1.24 bits per heavy atom. The molecule has 2 aliphatic rings. The van der Waals surface area contributed by atoms with Crippen molar-refractivity contribution < 1.29 is 4.79 Å². The number of benzene rings is 1. The molecule has 1 aromatic carbocycles. The Hall–Kier alpha value is -1.91. The molecule has 2 aliphatic heterocycles. The molecule has 0 aromatic heterocycles. The van der Waals surface area contributed by atoms with E-state index in [9.17, 15) is 4.79 Å². The zero-order valence-electron chi connectivity index (χ0n) is 12.7. The maximum Gasteiger partial charge on any atom is 0.222 e. The second-order valence-electron chi connectivity index (χ2n) is 6.12. The molecule has 0 saturated carbocycles. The molecule has 0 bridgehead atoms. The molecule has 1 amide bonds. The summed E-state index contributed by atoms with van der Waals surface area (Å²) in [5.41, 5.74) is 2.26. The average Bonchev–Trinajstić information content (AvgIpc) is 3.23. The number of hydrogen-bond donors (Lipinski definition) is 0. The van der Waals surface area contributed by atoms with E-state index in [0.29, 0.717) is 6.42 Å². The van der Waals surface area contributed by atoms with Crippen molar-refractivity contribution in [2.24, 2.45) is 10.2 Å². The van der Waals surface area contributed by atoms with Crippen molar-refractivity contribution in [3.8, 4) is 0 Å². The minimum absolute atomic E-state index is 0.234. The van der Waals surface area contributed by atoms with Gasteiger partial charge in [-0.1, -0.05) is 12.1 Å². The van der Waals surface area contributed by atoms with Crippen molar-refractivity contribution in [3.63, 3.8) is 0 Å². The minimum Gasteiger partial charge on any atom is -0.368 e. The van der Waals surface area contributed by atoms with Gasteiger partial charge in [0.1, 0.15) is 0 Å². The fourth-order valence-electron chi connectivity index (χ4n) is 2.73. The van der Waals surface area contributed by atoms with Crippen molar-refractivity contribution in [2.45, 2.75) is 32.4 Å². The number of anilines is 1. The van der Waals surface area contributed by atoms with Crippen LogP contribution in [0.25, 0.3) is 0 Å². The molecular formula is C16H22N4O. The summed E-state index contributed by atoms with van der Waals surface area (Å²) < 4.78 is 0. The number of carbonyl (C=O) groups excluding carboxylic acids is 1. The topological polar surface area (TPSA) is 48.3 Å². The molecule has 2 heterocycles. The third kappa shape index (κ3) is 3.40. The molecule has 0 unspecified atom stereocenters. The summed E-state index contributed by atoms with van der Waals surface area (Å²) in [6.07, 6.45) is 1.29. The van der Waals surface area contributed by atoms with Crippen molar-refractivity contribution >= 4 is 11.6 Å². The highest BCUT2D eigenvalue weighted by Crippen LogP contribution is 2.32. The molecule has 1 fully saturated rings. The molecule has 1 aromatic rings. The molecule has 0 spiro atoms. The van der Waals surface area contributed by atoms with Crippen molar-refractivity contribution in [1.29, 1.82) is 0 Å². The zero-order valence-corrected chi connectivity index (χ0v) is 12.7. The van der Waals surface area contributed by atoms with Crippen molar-refractivity contribution in [3.05, 3.63) is 29.8 Å². The molecule has 0 aliphatic carbocycles. The van der Waals surface area contributed by atoms with Gasteiger partial charge in [-0.2, -0.15) is 10.2 Å². The van der Waals surface area contributed by atoms with Crippen molar-refractivity contribution in [1.82, 2.24) is 4.90 Å². The van der Waals surface area contributed by atoms with Crippen LogP contribution in [-0.4, -0.2) is 42.6 Å². The van der Waals surface area contributed by atoms with Crippen LogP contribution in [0.2, 0.25) is 0 Å². The normalized spacial score (nSPS) is 19.7. The maximum atomic E-state index is 12.2. The minimum atomic E-state index is -0.265. The predicted octanol–water partition coefficient (Wildman–Crippen LogP) is 2.61. The third-order valence-corrected chi connectivity index (χ3v) is 4.25. The Balaban J connectivity index is 1.49. The number of rotatable bonds is 4. The fourth-order valence-corrected chi connectivity index (χ4v) is 2.73. The molecule has 0 atom stereocenters. The molecule has 5 nitrogen and oxygen atoms in total. The van der Waals surface area contributed by atoms with Gasteiger partial charge in [-0.05, 0) is 31.5 Å². The Morgan fingerprint density at radius 2 is 1.95 bits per heavy atom. The van der Waals surface area contributed by atoms with Gasteiger partial charge in [0.05, 0.1) is 0 Å². The van der Waals surface area contributed by atoms with E-state index < -0.39 is 0 Å². The van der Waals surface area contributed by atoms with Gasteiger partial charge in [-0.15, -0.1) is 0 Å². The van der Waals surface area contributed by atoms with E-state index in [-0.39, 0.29) is 11.6 Å². The van der Waals surface area contributed by atoms with Gasteiger partial charge in [-0.3, -0.25) is 4.79 Å². The van der Waals surface area contributed by atoms with E-state index in [4.69, 9.17) is 0 Å². The molecule has 1 saturated heterocycles. The van der Waals surface area contributed by atoms with Crippen LogP contribution >= 0.6 is 0 Å². The smallest absolute Gasteiger partial charge is 0.222 e. The van der Waals surface area contributed by atoms with Gasteiger partial charge in [0.25, 0.3) is 0 Å². The highest BCUT2D eigenvalue weighted by Gasteiger charge is 2.34. The predicted molar refractivity (Wildman–Crippen MR) is 82.5 cm³/mol. The van der Waals surface area contributed by atoms with Crippen LogP contribution in [-0.2, 0) is 4.79 Å². The second kappa shape index (κ2) is 5.47. The molecule has 3 rings (SSSR count). The first-order valence-corrected chi connectivity index (χ1v) is 7.59. The first-order chi connectivity index (χ1) is 10.1. The van der Waals surface area contributed by atoms with E-state index in [1.54, 1.807) is 0 Å². The Morgan fingerprint density at radius 3 is 2.57 bits per heavy atom. The van der Waals surface area contributed by atoms with Gasteiger partial charge in [0.15, 0.2) is 5.66 Å². The fraction of sp³-hybridized carbons (Fsp3) is 0.562. The summed E-state index contributed by atoms with van der Waals surface area (Å²) in [5, 5.41) is 7.91. The summed E-state index contributed by atoms with van der Waals surface area (Å²) in [6.45, 7) is 7.49. The van der Waals surface area contributed by atoms with Crippen LogP contribution < -0.4 is 4.90 Å². The summed E-state index contributed by atoms with van der Waals surface area (Å²) in [7, 11) is 0. The quantitative estimate of drug-likeness (QED) is 0.854. The summed E-state index contributed by atoms with van der Waals surface area (Å²) in [6, 6.07) is 8.54. The lowest BCUT2D eigenvalue weighted by Gasteiger charge is -2.36. The van der Waals surface area contributed by atoms with E-state index in [1.807, 2.05) is 11.8 Å². The number of hydrogen-bond acceptors (Lipinski definition) is 4. The van der Waals surface area contributed by atoms with Crippen LogP contribution in [0, 0.1) is 6.92 Å². The maximum absolute atomic E-state index is 12.2. The lowest BCUT2D eigenvalue weighted by atomic mass is 10.1. The van der Waals surface area contributed by atoms with E-state index in [2.05, 4.69) is 46.3 Å². The van der Waals surface area contributed by atoms with Crippen LogP contribution in [0.5, 0.6) is 0 Å². The third-order valence-electron chi connectivity index (χ3n) is 4.25. The summed E-state index contributed by atoms with van der Waals surface area (Å²) in [4.78, 5) is 16.5. The first-order valence-electron chi connectivity index (χ1n) is 7.59. The van der Waals surface area contributed by atoms with Crippen LogP contribution in [0.1, 0.15) is 25.3 Å². The van der Waals surface area contributed by atoms with Crippen LogP contribution in [0.15, 0.2) is 34.5 Å². The number of nitrogens with zero attached hydrogens (tertiary/aromatic N) is 4. The SMILES string of the molecule is Cc1cccc(N2CCN(C(=O)CCC3(C)N=N3)CC2)c1. The molecule has 0 N–H and O–H groups in total. The zero-order chi connectivity index (χ0) is 14.9. The van der Waals surface area contributed by atoms with E-state index in [0.717, 1.165) is 32.6 Å². The van der Waals surface area contributed by atoms with Gasteiger partial charge in [-0.25, -0.2) is 0 Å². The molecule has 112 valence electrons. The standard InChI is InChI=1S/C16H22N4O/c1-13-4-3-5-14(12-13)19-8-10-20(11-9-19)15(21)6-7-16(2)17-18-16/h3-5,12H,6-11H2,1-2H3. The number of carbonyl (C=O) groups is 1. The Kier molecular flexibility index (Phi) is 3.66. The van der Waals surface area contributed by atoms with Gasteiger partial charge < -0.3 is 9.80 Å². The summed E-state index contributed by atoms with van der Waals surface area (Å²) in [5.74, 6) is 0.234. The van der Waals surface area contributed by atoms with Crippen LogP contribution in [0.3, 0.4) is 0 Å². The molecule has 21 heavy (non-hydrogen) atoms. The van der Waals surface area contributed by atoms with Gasteiger partial charge in [0, 0.05) is 44.7 Å².